The number of hydrogen-bond acceptors (Lipinski definition) is 2. The molecule has 2 aromatic rings. The van der Waals surface area contributed by atoms with E-state index in [0.29, 0.717) is 0 Å². The molecule has 1 aromatic heterocycles. The van der Waals surface area contributed by atoms with Gasteiger partial charge in [0, 0.05) is 23.5 Å². The van der Waals surface area contributed by atoms with Gasteiger partial charge in [0.15, 0.2) is 0 Å². The zero-order chi connectivity index (χ0) is 13.0. The highest BCUT2D eigenvalue weighted by atomic mass is 16.5. The Kier molecular flexibility index (Phi) is 3.64. The molecule has 0 aliphatic carbocycles. The van der Waals surface area contributed by atoms with Crippen LogP contribution in [0, 0.1) is 12.3 Å². The smallest absolute Gasteiger partial charge is 0.143 e. The Morgan fingerprint density at radius 3 is 2.67 bits per heavy atom. The molecular weight excluding hydrogens is 222 g/mol. The summed E-state index contributed by atoms with van der Waals surface area (Å²) in [6.45, 7) is 3.97. The van der Waals surface area contributed by atoms with E-state index in [-0.39, 0.29) is 6.10 Å². The van der Waals surface area contributed by atoms with Crippen molar-refractivity contribution < 1.29 is 4.74 Å². The fourth-order valence-electron chi connectivity index (χ4n) is 1.76. The third-order valence-electron chi connectivity index (χ3n) is 2.50. The number of para-hydroxylation sites is 1. The van der Waals surface area contributed by atoms with E-state index >= 15 is 0 Å². The highest BCUT2D eigenvalue weighted by molar-refractivity contribution is 5.73. The molecule has 0 atom stereocenters. The average molecular weight is 237 g/mol. The lowest BCUT2D eigenvalue weighted by molar-refractivity contribution is 0.243. The number of ether oxygens (including phenoxy) is 1. The minimum Gasteiger partial charge on any atom is -0.489 e. The zero-order valence-corrected chi connectivity index (χ0v) is 10.6. The second-order valence-electron chi connectivity index (χ2n) is 4.23. The van der Waals surface area contributed by atoms with Crippen LogP contribution in [0.15, 0.2) is 42.7 Å². The molecule has 0 bridgehead atoms. The van der Waals surface area contributed by atoms with E-state index in [2.05, 4.69) is 10.9 Å². The summed E-state index contributed by atoms with van der Waals surface area (Å²) in [7, 11) is 0. The largest absolute Gasteiger partial charge is 0.489 e. The second-order valence-corrected chi connectivity index (χ2v) is 4.23. The molecule has 0 saturated carbocycles. The van der Waals surface area contributed by atoms with Crippen molar-refractivity contribution in [2.24, 2.45) is 0 Å². The van der Waals surface area contributed by atoms with Crippen molar-refractivity contribution >= 4 is 0 Å². The van der Waals surface area contributed by atoms with E-state index in [0.717, 1.165) is 22.4 Å². The lowest BCUT2D eigenvalue weighted by atomic mass is 10.0. The van der Waals surface area contributed by atoms with E-state index in [1.54, 1.807) is 6.20 Å². The van der Waals surface area contributed by atoms with Crippen LogP contribution in [0.3, 0.4) is 0 Å². The third-order valence-corrected chi connectivity index (χ3v) is 2.50. The number of hydrogen-bond donors (Lipinski definition) is 0. The molecule has 0 fully saturated rings. The van der Waals surface area contributed by atoms with Crippen molar-refractivity contribution in [2.45, 2.75) is 20.0 Å². The fraction of sp³-hybridized carbons (Fsp3) is 0.188. The quantitative estimate of drug-likeness (QED) is 0.762. The van der Waals surface area contributed by atoms with Gasteiger partial charge in [-0.15, -0.1) is 6.42 Å². The van der Waals surface area contributed by atoms with Gasteiger partial charge in [-0.25, -0.2) is 0 Å². The summed E-state index contributed by atoms with van der Waals surface area (Å²) < 4.78 is 5.85. The van der Waals surface area contributed by atoms with Gasteiger partial charge in [-0.05, 0) is 26.0 Å². The molecule has 0 unspecified atom stereocenters. The molecule has 0 saturated heterocycles. The molecule has 90 valence electrons. The lowest BCUT2D eigenvalue weighted by Crippen LogP contribution is -2.08. The van der Waals surface area contributed by atoms with Crippen LogP contribution in [0.5, 0.6) is 5.75 Å². The van der Waals surface area contributed by atoms with Crippen LogP contribution in [0.2, 0.25) is 0 Å². The van der Waals surface area contributed by atoms with E-state index in [1.807, 2.05) is 50.4 Å². The van der Waals surface area contributed by atoms with Gasteiger partial charge in [-0.3, -0.25) is 4.98 Å². The summed E-state index contributed by atoms with van der Waals surface area (Å²) in [5.74, 6) is 3.42. The normalized spacial score (nSPS) is 10.1. The summed E-state index contributed by atoms with van der Waals surface area (Å²) >= 11 is 0. The van der Waals surface area contributed by atoms with E-state index in [4.69, 9.17) is 11.2 Å². The number of benzene rings is 1. The predicted molar refractivity (Wildman–Crippen MR) is 73.4 cm³/mol. The number of pyridine rings is 1. The molecule has 0 amide bonds. The fourth-order valence-corrected chi connectivity index (χ4v) is 1.76. The molecule has 1 aromatic carbocycles. The molecule has 1 heterocycles. The Morgan fingerprint density at radius 2 is 2.06 bits per heavy atom. The number of nitrogens with zero attached hydrogens (tertiary/aromatic N) is 1. The molecule has 0 aliphatic heterocycles. The highest BCUT2D eigenvalue weighted by Crippen LogP contribution is 2.33. The van der Waals surface area contributed by atoms with Gasteiger partial charge in [-0.1, -0.05) is 24.1 Å². The van der Waals surface area contributed by atoms with Crippen molar-refractivity contribution in [1.29, 1.82) is 0 Å². The minimum absolute atomic E-state index is 0.0786. The van der Waals surface area contributed by atoms with Crippen molar-refractivity contribution in [1.82, 2.24) is 4.98 Å². The SMILES string of the molecule is C#Cc1cccc(-c2cccnc2)c1OC(C)C. The molecule has 0 spiro atoms. The minimum atomic E-state index is 0.0786. The van der Waals surface area contributed by atoms with Gasteiger partial charge in [0.25, 0.3) is 0 Å². The summed E-state index contributed by atoms with van der Waals surface area (Å²) in [6, 6.07) is 9.71. The van der Waals surface area contributed by atoms with Crippen LogP contribution in [0.25, 0.3) is 11.1 Å². The monoisotopic (exact) mass is 237 g/mol. The van der Waals surface area contributed by atoms with Gasteiger partial charge < -0.3 is 4.74 Å². The lowest BCUT2D eigenvalue weighted by Gasteiger charge is -2.16. The van der Waals surface area contributed by atoms with Crippen LogP contribution < -0.4 is 4.74 Å². The molecule has 2 heteroatoms. The van der Waals surface area contributed by atoms with Crippen molar-refractivity contribution in [3.8, 4) is 29.2 Å². The van der Waals surface area contributed by atoms with Crippen LogP contribution >= 0.6 is 0 Å². The standard InChI is InChI=1S/C16H15NO/c1-4-13-7-5-9-15(16(13)18-12(2)3)14-8-6-10-17-11-14/h1,5-12H,2-3H3. The second kappa shape index (κ2) is 5.37. The molecular formula is C16H15NO. The van der Waals surface area contributed by atoms with E-state index in [9.17, 15) is 0 Å². The molecule has 0 N–H and O–H groups in total. The number of terminal acetylenes is 1. The van der Waals surface area contributed by atoms with E-state index in [1.165, 1.54) is 0 Å². The van der Waals surface area contributed by atoms with Crippen molar-refractivity contribution in [2.75, 3.05) is 0 Å². The van der Waals surface area contributed by atoms with Gasteiger partial charge >= 0.3 is 0 Å². The molecule has 18 heavy (non-hydrogen) atoms. The van der Waals surface area contributed by atoms with Crippen LogP contribution in [0.4, 0.5) is 0 Å². The Balaban J connectivity index is 2.57. The van der Waals surface area contributed by atoms with Gasteiger partial charge in [0.05, 0.1) is 11.7 Å². The Hall–Kier alpha value is -2.27. The molecule has 0 aliphatic rings. The molecule has 2 rings (SSSR count). The number of rotatable bonds is 3. The van der Waals surface area contributed by atoms with Gasteiger partial charge in [0.2, 0.25) is 0 Å². The maximum Gasteiger partial charge on any atom is 0.143 e. The first-order chi connectivity index (χ1) is 8.72. The van der Waals surface area contributed by atoms with E-state index < -0.39 is 0 Å². The average Bonchev–Trinajstić information content (AvgIpc) is 2.39. The van der Waals surface area contributed by atoms with Crippen LogP contribution in [0.1, 0.15) is 19.4 Å². The maximum atomic E-state index is 5.85. The Morgan fingerprint density at radius 1 is 1.22 bits per heavy atom. The van der Waals surface area contributed by atoms with Gasteiger partial charge in [-0.2, -0.15) is 0 Å². The first kappa shape index (κ1) is 12.2. The molecule has 2 nitrogen and oxygen atoms in total. The van der Waals surface area contributed by atoms with Gasteiger partial charge in [0.1, 0.15) is 5.75 Å². The molecule has 0 radical (unpaired) electrons. The first-order valence-corrected chi connectivity index (χ1v) is 5.89. The number of aromatic nitrogens is 1. The summed E-state index contributed by atoms with van der Waals surface area (Å²) in [4.78, 5) is 4.13. The van der Waals surface area contributed by atoms with Crippen molar-refractivity contribution in [3.63, 3.8) is 0 Å². The van der Waals surface area contributed by atoms with Crippen LogP contribution in [-0.2, 0) is 0 Å². The highest BCUT2D eigenvalue weighted by Gasteiger charge is 2.11. The zero-order valence-electron chi connectivity index (χ0n) is 10.6. The summed E-state index contributed by atoms with van der Waals surface area (Å²) in [5, 5.41) is 0. The summed E-state index contributed by atoms with van der Waals surface area (Å²) in [6.07, 6.45) is 9.16. The van der Waals surface area contributed by atoms with Crippen molar-refractivity contribution in [3.05, 3.63) is 48.3 Å². The Bertz CT molecular complexity index is 567. The topological polar surface area (TPSA) is 22.1 Å². The summed E-state index contributed by atoms with van der Waals surface area (Å²) in [5.41, 5.74) is 2.75. The van der Waals surface area contributed by atoms with Crippen LogP contribution in [-0.4, -0.2) is 11.1 Å². The first-order valence-electron chi connectivity index (χ1n) is 5.89. The third kappa shape index (κ3) is 2.52. The maximum absolute atomic E-state index is 5.85. The Labute approximate surface area is 108 Å². The predicted octanol–water partition coefficient (Wildman–Crippen LogP) is 3.52.